The van der Waals surface area contributed by atoms with Crippen molar-refractivity contribution in [2.24, 2.45) is 29.0 Å². The zero-order valence-corrected chi connectivity index (χ0v) is 48.5. The number of aliphatic hydroxyl groups is 3. The molecule has 0 radical (unpaired) electrons. The third kappa shape index (κ3) is 19.1. The molecular formula is C55H82N14O17. The number of primary amides is 2. The van der Waals surface area contributed by atoms with Gasteiger partial charge in [-0.3, -0.25) is 62.3 Å². The van der Waals surface area contributed by atoms with Gasteiger partial charge >= 0.3 is 5.97 Å². The van der Waals surface area contributed by atoms with E-state index >= 15 is 0 Å². The Balaban J connectivity index is 1.56. The molecule has 15 atom stereocenters. The number of hydrogen-bond acceptors (Lipinski definition) is 18. The zero-order valence-electron chi connectivity index (χ0n) is 48.5. The molecule has 15 unspecified atom stereocenters. The van der Waals surface area contributed by atoms with Gasteiger partial charge in [0.05, 0.1) is 43.7 Å². The van der Waals surface area contributed by atoms with Crippen LogP contribution < -0.4 is 65.1 Å². The molecule has 5 rings (SSSR count). The first kappa shape index (κ1) is 68.5. The molecule has 1 aromatic carbocycles. The lowest BCUT2D eigenvalue weighted by molar-refractivity contribution is -0.144. The van der Waals surface area contributed by atoms with Crippen LogP contribution in [-0.4, -0.2) is 212 Å². The van der Waals surface area contributed by atoms with Crippen molar-refractivity contribution in [2.75, 3.05) is 26.2 Å². The number of carboxylic acids is 1. The summed E-state index contributed by atoms with van der Waals surface area (Å²) in [7, 11) is 0. The summed E-state index contributed by atoms with van der Waals surface area (Å²) in [6.07, 6.45) is -5.91. The molecule has 86 heavy (non-hydrogen) atoms. The number of fused-ring (bicyclic) bond motifs is 3. The largest absolute Gasteiger partial charge is 0.481 e. The fourth-order valence-electron chi connectivity index (χ4n) is 10.5. The Kier molecular flexibility index (Phi) is 25.3. The first-order valence-corrected chi connectivity index (χ1v) is 28.7. The third-order valence-electron chi connectivity index (χ3n) is 15.5. The highest BCUT2D eigenvalue weighted by atomic mass is 16.4. The van der Waals surface area contributed by atoms with Gasteiger partial charge in [-0.2, -0.15) is 0 Å². The number of nitrogens with two attached hydrogens (primary N) is 3. The van der Waals surface area contributed by atoms with E-state index in [4.69, 9.17) is 17.2 Å². The second-order valence-electron chi connectivity index (χ2n) is 22.3. The Morgan fingerprint density at radius 3 is 1.87 bits per heavy atom. The van der Waals surface area contributed by atoms with E-state index in [0.717, 1.165) is 16.7 Å². The predicted molar refractivity (Wildman–Crippen MR) is 302 cm³/mol. The molecular weight excluding hydrogens is 1130 g/mol. The van der Waals surface area contributed by atoms with Crippen LogP contribution in [0.3, 0.4) is 0 Å². The minimum Gasteiger partial charge on any atom is -0.481 e. The van der Waals surface area contributed by atoms with Crippen molar-refractivity contribution < 1.29 is 82.8 Å². The van der Waals surface area contributed by atoms with E-state index in [0.29, 0.717) is 18.4 Å². The Morgan fingerprint density at radius 1 is 0.709 bits per heavy atom. The van der Waals surface area contributed by atoms with Crippen molar-refractivity contribution in [1.82, 2.24) is 57.7 Å². The molecule has 1 aromatic rings. The van der Waals surface area contributed by atoms with Gasteiger partial charge in [-0.1, -0.05) is 63.6 Å². The monoisotopic (exact) mass is 1210 g/mol. The Bertz CT molecular complexity index is 2720. The van der Waals surface area contributed by atoms with Crippen molar-refractivity contribution >= 4 is 76.9 Å². The normalized spacial score (nSPS) is 27.8. The van der Waals surface area contributed by atoms with E-state index in [1.807, 2.05) is 0 Å². The first-order valence-electron chi connectivity index (χ1n) is 28.7. The zero-order chi connectivity index (χ0) is 63.7. The van der Waals surface area contributed by atoms with Crippen molar-refractivity contribution in [1.29, 1.82) is 0 Å². The minimum absolute atomic E-state index is 0.129. The summed E-state index contributed by atoms with van der Waals surface area (Å²) in [5.74, 6) is -14.6. The fraction of sp³-hybridized carbons (Fsp3) is 0.618. The van der Waals surface area contributed by atoms with Gasteiger partial charge in [0.25, 0.3) is 0 Å². The summed E-state index contributed by atoms with van der Waals surface area (Å²) in [5.41, 5.74) is 17.7. The summed E-state index contributed by atoms with van der Waals surface area (Å²) in [6.45, 7) is 4.57. The second-order valence-corrected chi connectivity index (χ2v) is 22.3. The van der Waals surface area contributed by atoms with Crippen LogP contribution >= 0.6 is 0 Å². The predicted octanol–water partition coefficient (Wildman–Crippen LogP) is -6.66. The van der Waals surface area contributed by atoms with Crippen LogP contribution in [0.5, 0.6) is 0 Å². The molecule has 3 fully saturated rings. The molecule has 3 heterocycles. The van der Waals surface area contributed by atoms with E-state index in [-0.39, 0.29) is 44.3 Å². The highest BCUT2D eigenvalue weighted by molar-refractivity contribution is 6.00. The SMILES string of the molecule is CCC(C)C(NC(=O)C(Cc1ccccc1)NC(=O)CC1NC(=O)CNC(=O)C2CC(O)CN2C(=O)C(CC(N)=O)NC2=CC(C)C2NC(=O)C2CC(O)CN2C(=O)C(C(C)O)NC(=O)C(CCCCN)NC(=O)C(CCC(=O)O)NC1=O)C(N)=O. The molecule has 3 aliphatic heterocycles. The maximum Gasteiger partial charge on any atom is 0.303 e. The lowest BCUT2D eigenvalue weighted by Crippen LogP contribution is -2.62. The number of aliphatic carboxylic acids is 1. The standard InChI is InChI=1S/C55H82N14O17/c1-5-26(2)45(47(58)78)66-51(82)35(18-29-11-7-6-8-12-29)61-41(74)22-36-50(81)64-33(14-15-43(76)77)48(79)63-32(13-9-10-16-56)49(80)67-46(28(4)70)55(86)69-25-31(72)20-39(69)53(84)65-44-27(3)17-34(44)60-37(21-40(57)73)54(85)68-24-30(71)19-38(68)52(83)59-23-42(75)62-36/h6-8,11-12,17,26-28,30-33,35-39,44-46,60,70-72H,5,9-10,13-16,18-25,56H2,1-4H3,(H2,57,73)(H2,58,78)(H,59,83)(H,61,74)(H,62,75)(H,63,79)(H,64,81)(H,65,84)(H,66,82)(H,67,80)(H,76,77). The van der Waals surface area contributed by atoms with Crippen LogP contribution in [-0.2, 0) is 68.7 Å². The van der Waals surface area contributed by atoms with Crippen molar-refractivity contribution in [2.45, 2.75) is 177 Å². The fourth-order valence-corrected chi connectivity index (χ4v) is 10.5. The number of benzene rings is 1. The number of hydrogen-bond donors (Lipinski definition) is 16. The van der Waals surface area contributed by atoms with Crippen molar-refractivity contribution in [3.63, 3.8) is 0 Å². The van der Waals surface area contributed by atoms with E-state index in [1.54, 1.807) is 57.2 Å². The molecule has 0 bridgehead atoms. The molecule has 0 aromatic heterocycles. The van der Waals surface area contributed by atoms with Crippen LogP contribution in [0.2, 0.25) is 0 Å². The number of rotatable bonds is 20. The molecule has 0 saturated carbocycles. The maximum atomic E-state index is 14.6. The average Bonchev–Trinajstić information content (AvgIpc) is 2.16. The van der Waals surface area contributed by atoms with Gasteiger partial charge in [-0.15, -0.1) is 0 Å². The number of aliphatic hydroxyl groups excluding tert-OH is 3. The van der Waals surface area contributed by atoms with E-state index < -0.39 is 213 Å². The van der Waals surface area contributed by atoms with Gasteiger partial charge in [-0.25, -0.2) is 0 Å². The molecule has 3 saturated heterocycles. The molecule has 1 aliphatic carbocycles. The van der Waals surface area contributed by atoms with Gasteiger partial charge in [0.2, 0.25) is 70.9 Å². The van der Waals surface area contributed by atoms with Crippen molar-refractivity contribution in [3.8, 4) is 0 Å². The summed E-state index contributed by atoms with van der Waals surface area (Å²) in [5, 5.41) is 65.1. The molecule has 19 N–H and O–H groups in total. The number of carbonyl (C=O) groups is 13. The van der Waals surface area contributed by atoms with E-state index in [9.17, 15) is 82.8 Å². The minimum atomic E-state index is -2.02. The molecule has 474 valence electrons. The van der Waals surface area contributed by atoms with Crippen LogP contribution in [0.4, 0.5) is 0 Å². The summed E-state index contributed by atoms with van der Waals surface area (Å²) >= 11 is 0. The van der Waals surface area contributed by atoms with Gasteiger partial charge in [0.15, 0.2) is 0 Å². The average molecular weight is 1210 g/mol. The third-order valence-corrected chi connectivity index (χ3v) is 15.5. The lowest BCUT2D eigenvalue weighted by atomic mass is 9.85. The number of carbonyl (C=O) groups excluding carboxylic acids is 12. The summed E-state index contributed by atoms with van der Waals surface area (Å²) in [4.78, 5) is 181. The van der Waals surface area contributed by atoms with Gasteiger partial charge < -0.3 is 95.3 Å². The number of nitrogens with zero attached hydrogens (tertiary/aromatic N) is 2. The van der Waals surface area contributed by atoms with E-state index in [2.05, 4.69) is 47.9 Å². The highest BCUT2D eigenvalue weighted by Crippen LogP contribution is 2.29. The number of nitrogens with one attached hydrogen (secondary N) is 9. The van der Waals surface area contributed by atoms with Crippen LogP contribution in [0.1, 0.15) is 97.5 Å². The van der Waals surface area contributed by atoms with Crippen molar-refractivity contribution in [3.05, 3.63) is 47.7 Å². The van der Waals surface area contributed by atoms with Crippen LogP contribution in [0.15, 0.2) is 42.1 Å². The second kappa shape index (κ2) is 31.7. The van der Waals surface area contributed by atoms with Crippen LogP contribution in [0.25, 0.3) is 0 Å². The number of carboxylic acid groups (broad SMARTS) is 1. The van der Waals surface area contributed by atoms with Gasteiger partial charge in [0, 0.05) is 50.4 Å². The Hall–Kier alpha value is -8.29. The Labute approximate surface area is 495 Å². The smallest absolute Gasteiger partial charge is 0.303 e. The molecule has 12 amide bonds. The summed E-state index contributed by atoms with van der Waals surface area (Å²) in [6, 6.07) is -6.92. The molecule has 4 aliphatic rings. The number of amides is 12. The topological polar surface area (TPSA) is 496 Å². The highest BCUT2D eigenvalue weighted by Gasteiger charge is 2.47. The maximum absolute atomic E-state index is 14.6. The summed E-state index contributed by atoms with van der Waals surface area (Å²) < 4.78 is 0. The Morgan fingerprint density at radius 2 is 1.30 bits per heavy atom. The van der Waals surface area contributed by atoms with Gasteiger partial charge in [-0.05, 0) is 50.6 Å². The quantitative estimate of drug-likeness (QED) is 0.0540. The van der Waals surface area contributed by atoms with Gasteiger partial charge in [0.1, 0.15) is 54.4 Å². The molecule has 0 spiro atoms. The van der Waals surface area contributed by atoms with Crippen LogP contribution in [0, 0.1) is 11.8 Å². The number of unbranched alkanes of at least 4 members (excludes halogenated alkanes) is 1. The molecule has 31 nitrogen and oxygen atoms in total. The van der Waals surface area contributed by atoms with E-state index in [1.165, 1.54) is 0 Å². The lowest BCUT2D eigenvalue weighted by Gasteiger charge is -2.39. The first-order chi connectivity index (χ1) is 40.6. The molecule has 31 heteroatoms.